The van der Waals surface area contributed by atoms with E-state index in [1.165, 1.54) is 7.11 Å². The van der Waals surface area contributed by atoms with Crippen molar-refractivity contribution >= 4 is 50.8 Å². The lowest BCUT2D eigenvalue weighted by atomic mass is 10.2. The molecule has 0 aromatic heterocycles. The Morgan fingerprint density at radius 3 is 2.43 bits per heavy atom. The molecule has 2 aromatic carbocycles. The van der Waals surface area contributed by atoms with E-state index in [4.69, 9.17) is 9.47 Å². The number of amides is 3. The first-order valence-corrected chi connectivity index (χ1v) is 10.5. The fourth-order valence-corrected chi connectivity index (χ4v) is 4.02. The molecule has 1 saturated heterocycles. The van der Waals surface area contributed by atoms with Gasteiger partial charge in [-0.1, -0.05) is 12.1 Å². The van der Waals surface area contributed by atoms with Crippen molar-refractivity contribution in [3.8, 4) is 11.5 Å². The first-order valence-electron chi connectivity index (χ1n) is 8.94. The Morgan fingerprint density at radius 1 is 1.10 bits per heavy atom. The van der Waals surface area contributed by atoms with Gasteiger partial charge in [0.15, 0.2) is 0 Å². The van der Waals surface area contributed by atoms with Gasteiger partial charge >= 0.3 is 0 Å². The quantitative estimate of drug-likeness (QED) is 0.591. The Balaban J connectivity index is 1.60. The summed E-state index contributed by atoms with van der Waals surface area (Å²) in [5, 5.41) is 2.36. The third kappa shape index (κ3) is 5.03. The van der Waals surface area contributed by atoms with Crippen molar-refractivity contribution in [1.82, 2.24) is 10.2 Å². The largest absolute Gasteiger partial charge is 0.497 e. The number of imide groups is 1. The minimum absolute atomic E-state index is 0.0813. The minimum Gasteiger partial charge on any atom is -0.497 e. The normalized spacial score (nSPS) is 14.9. The van der Waals surface area contributed by atoms with Crippen LogP contribution in [0.2, 0.25) is 0 Å². The number of hydrogen-bond donors (Lipinski definition) is 1. The molecular formula is C21H19BrN2O5S. The fourth-order valence-electron chi connectivity index (χ4n) is 2.73. The Hall–Kier alpha value is -2.78. The van der Waals surface area contributed by atoms with Crippen LogP contribution in [-0.4, -0.2) is 49.3 Å². The third-order valence-electron chi connectivity index (χ3n) is 4.33. The lowest BCUT2D eigenvalue weighted by Gasteiger charge is -2.13. The molecule has 0 saturated carbocycles. The van der Waals surface area contributed by atoms with E-state index >= 15 is 0 Å². The van der Waals surface area contributed by atoms with Crippen molar-refractivity contribution in [3.63, 3.8) is 0 Å². The number of rotatable bonds is 7. The van der Waals surface area contributed by atoms with Gasteiger partial charge in [0, 0.05) is 17.6 Å². The molecule has 1 aliphatic rings. The van der Waals surface area contributed by atoms with E-state index in [1.807, 2.05) is 0 Å². The number of thioether (sulfide) groups is 1. The highest BCUT2D eigenvalue weighted by atomic mass is 79.9. The molecule has 1 N–H and O–H groups in total. The number of halogens is 1. The molecule has 7 nitrogen and oxygen atoms in total. The van der Waals surface area contributed by atoms with E-state index in [9.17, 15) is 14.4 Å². The zero-order valence-corrected chi connectivity index (χ0v) is 18.7. The van der Waals surface area contributed by atoms with Crippen LogP contribution in [0.25, 0.3) is 6.08 Å². The average molecular weight is 491 g/mol. The van der Waals surface area contributed by atoms with E-state index < -0.39 is 0 Å². The van der Waals surface area contributed by atoms with Crippen LogP contribution in [0.5, 0.6) is 11.5 Å². The van der Waals surface area contributed by atoms with Crippen LogP contribution in [-0.2, 0) is 4.79 Å². The number of carbonyl (C=O) groups is 3. The summed E-state index contributed by atoms with van der Waals surface area (Å²) >= 11 is 4.21. The molecule has 2 aromatic rings. The topological polar surface area (TPSA) is 84.9 Å². The molecule has 3 rings (SSSR count). The van der Waals surface area contributed by atoms with E-state index in [1.54, 1.807) is 55.7 Å². The molecule has 0 aliphatic carbocycles. The number of benzene rings is 2. The molecule has 1 aliphatic heterocycles. The van der Waals surface area contributed by atoms with Crippen LogP contribution in [0.3, 0.4) is 0 Å². The predicted molar refractivity (Wildman–Crippen MR) is 119 cm³/mol. The Bertz CT molecular complexity index is 1010. The summed E-state index contributed by atoms with van der Waals surface area (Å²) in [5.41, 5.74) is 1.19. The van der Waals surface area contributed by atoms with Crippen LogP contribution >= 0.6 is 27.7 Å². The van der Waals surface area contributed by atoms with Crippen molar-refractivity contribution in [1.29, 1.82) is 0 Å². The first-order chi connectivity index (χ1) is 14.4. The molecule has 30 heavy (non-hydrogen) atoms. The van der Waals surface area contributed by atoms with Gasteiger partial charge in [0.1, 0.15) is 11.5 Å². The average Bonchev–Trinajstić information content (AvgIpc) is 3.01. The van der Waals surface area contributed by atoms with Crippen LogP contribution < -0.4 is 14.8 Å². The number of methoxy groups -OCH3 is 2. The van der Waals surface area contributed by atoms with Crippen LogP contribution in [0.15, 0.2) is 51.8 Å². The predicted octanol–water partition coefficient (Wildman–Crippen LogP) is 3.93. The van der Waals surface area contributed by atoms with Gasteiger partial charge < -0.3 is 14.8 Å². The SMILES string of the molecule is COc1ccc(C=C2SC(=O)N(CCNC(=O)c3cc(OC)ccc3Br)C2=O)cc1. The molecule has 9 heteroatoms. The monoisotopic (exact) mass is 490 g/mol. The molecule has 0 spiro atoms. The second kappa shape index (κ2) is 9.82. The molecule has 1 heterocycles. The Kier molecular flexibility index (Phi) is 7.17. The van der Waals surface area contributed by atoms with Crippen molar-refractivity contribution in [2.45, 2.75) is 0 Å². The standard InChI is InChI=1S/C21H19BrN2O5S/c1-28-14-5-3-13(4-6-14)11-18-20(26)24(21(27)30-18)10-9-23-19(25)16-12-15(29-2)7-8-17(16)22/h3-8,11-12H,9-10H2,1-2H3,(H,23,25). The van der Waals surface area contributed by atoms with Gasteiger partial charge in [-0.05, 0) is 69.7 Å². The zero-order chi connectivity index (χ0) is 21.7. The zero-order valence-electron chi connectivity index (χ0n) is 16.3. The van der Waals surface area contributed by atoms with Crippen LogP contribution in [0.1, 0.15) is 15.9 Å². The highest BCUT2D eigenvalue weighted by Gasteiger charge is 2.34. The maximum absolute atomic E-state index is 12.6. The molecule has 0 unspecified atom stereocenters. The van der Waals surface area contributed by atoms with Crippen LogP contribution in [0.4, 0.5) is 4.79 Å². The summed E-state index contributed by atoms with van der Waals surface area (Å²) in [4.78, 5) is 38.7. The smallest absolute Gasteiger partial charge is 0.293 e. The van der Waals surface area contributed by atoms with E-state index in [0.717, 1.165) is 22.2 Å². The van der Waals surface area contributed by atoms with Gasteiger partial charge in [-0.15, -0.1) is 0 Å². The fraction of sp³-hybridized carbons (Fsp3) is 0.190. The summed E-state index contributed by atoms with van der Waals surface area (Å²) in [7, 11) is 3.09. The van der Waals surface area contributed by atoms with Crippen molar-refractivity contribution in [3.05, 3.63) is 63.0 Å². The summed E-state index contributed by atoms with van der Waals surface area (Å²) in [6, 6.07) is 12.2. The minimum atomic E-state index is -0.377. The summed E-state index contributed by atoms with van der Waals surface area (Å²) in [6.45, 7) is 0.217. The van der Waals surface area contributed by atoms with Gasteiger partial charge in [-0.25, -0.2) is 0 Å². The molecular weight excluding hydrogens is 472 g/mol. The molecule has 3 amide bonds. The number of carbonyl (C=O) groups excluding carboxylic acids is 3. The first kappa shape index (κ1) is 21.9. The van der Waals surface area contributed by atoms with E-state index in [-0.39, 0.29) is 30.1 Å². The van der Waals surface area contributed by atoms with Crippen molar-refractivity contribution in [2.75, 3.05) is 27.3 Å². The second-order valence-electron chi connectivity index (χ2n) is 6.21. The molecule has 1 fully saturated rings. The van der Waals surface area contributed by atoms with Gasteiger partial charge in [-0.3, -0.25) is 19.3 Å². The molecule has 156 valence electrons. The number of nitrogens with one attached hydrogen (secondary N) is 1. The third-order valence-corrected chi connectivity index (χ3v) is 5.93. The lowest BCUT2D eigenvalue weighted by molar-refractivity contribution is -0.122. The van der Waals surface area contributed by atoms with Crippen LogP contribution in [0, 0.1) is 0 Å². The number of hydrogen-bond acceptors (Lipinski definition) is 6. The summed E-state index contributed by atoms with van der Waals surface area (Å²) in [5.74, 6) is 0.552. The van der Waals surface area contributed by atoms with Gasteiger partial charge in [0.25, 0.3) is 17.1 Å². The Morgan fingerprint density at radius 2 is 1.77 bits per heavy atom. The van der Waals surface area contributed by atoms with E-state index in [0.29, 0.717) is 26.4 Å². The maximum atomic E-state index is 12.6. The maximum Gasteiger partial charge on any atom is 0.293 e. The summed E-state index contributed by atoms with van der Waals surface area (Å²) in [6.07, 6.45) is 1.66. The molecule has 0 bridgehead atoms. The molecule has 0 radical (unpaired) electrons. The lowest BCUT2D eigenvalue weighted by Crippen LogP contribution is -2.37. The van der Waals surface area contributed by atoms with Crippen molar-refractivity contribution < 1.29 is 23.9 Å². The summed E-state index contributed by atoms with van der Waals surface area (Å²) < 4.78 is 10.9. The van der Waals surface area contributed by atoms with Gasteiger partial charge in [0.2, 0.25) is 0 Å². The highest BCUT2D eigenvalue weighted by molar-refractivity contribution is 9.10. The highest BCUT2D eigenvalue weighted by Crippen LogP contribution is 2.32. The second-order valence-corrected chi connectivity index (χ2v) is 8.06. The van der Waals surface area contributed by atoms with E-state index in [2.05, 4.69) is 21.2 Å². The van der Waals surface area contributed by atoms with Gasteiger partial charge in [-0.2, -0.15) is 0 Å². The van der Waals surface area contributed by atoms with Crippen molar-refractivity contribution in [2.24, 2.45) is 0 Å². The molecule has 0 atom stereocenters. The number of nitrogens with zero attached hydrogens (tertiary/aromatic N) is 1. The Labute approximate surface area is 186 Å². The number of ether oxygens (including phenoxy) is 2. The van der Waals surface area contributed by atoms with Gasteiger partial charge in [0.05, 0.1) is 24.7 Å².